The Morgan fingerprint density at radius 3 is 2.14 bits per heavy atom. The van der Waals surface area contributed by atoms with Crippen LogP contribution in [-0.4, -0.2) is 33.6 Å². The zero-order chi connectivity index (χ0) is 21.8. The number of hydrogen-bond acceptors (Lipinski definition) is 6. The number of carbonyl (C=O) groups excluding carboxylic acids is 2. The number of thioether (sulfide) groups is 1. The second kappa shape index (κ2) is 9.57. The molecule has 0 spiro atoms. The van der Waals surface area contributed by atoms with Gasteiger partial charge in [-0.25, -0.2) is 0 Å². The molecule has 1 rings (SSSR count). The molecule has 0 N–H and O–H groups in total. The minimum atomic E-state index is -0.916. The third-order valence-corrected chi connectivity index (χ3v) is 5.19. The molecular formula is C22H34O4S2. The summed E-state index contributed by atoms with van der Waals surface area (Å²) in [6.07, 6.45) is 0.459. The van der Waals surface area contributed by atoms with Crippen LogP contribution in [0.3, 0.4) is 0 Å². The maximum absolute atomic E-state index is 12.4. The van der Waals surface area contributed by atoms with Crippen LogP contribution in [0.4, 0.5) is 0 Å². The maximum atomic E-state index is 12.4. The molecule has 0 aliphatic rings. The summed E-state index contributed by atoms with van der Waals surface area (Å²) in [5.74, 6) is -0.100. The molecule has 1 aromatic carbocycles. The minimum absolute atomic E-state index is 0.191. The van der Waals surface area contributed by atoms with Gasteiger partial charge in [0.2, 0.25) is 0 Å². The second-order valence-electron chi connectivity index (χ2n) is 9.35. The highest BCUT2D eigenvalue weighted by Gasteiger charge is 2.34. The van der Waals surface area contributed by atoms with Gasteiger partial charge in [-0.3, -0.25) is 9.59 Å². The van der Waals surface area contributed by atoms with Crippen LogP contribution in [0.5, 0.6) is 0 Å². The molecule has 0 fully saturated rings. The summed E-state index contributed by atoms with van der Waals surface area (Å²) in [4.78, 5) is 25.6. The Kier molecular flexibility index (Phi) is 8.51. The van der Waals surface area contributed by atoms with Crippen molar-refractivity contribution >= 4 is 36.3 Å². The van der Waals surface area contributed by atoms with Gasteiger partial charge in [-0.15, -0.1) is 11.8 Å². The van der Waals surface area contributed by atoms with Crippen LogP contribution < -0.4 is 0 Å². The van der Waals surface area contributed by atoms with Crippen LogP contribution in [0.1, 0.15) is 61.0 Å². The van der Waals surface area contributed by atoms with Gasteiger partial charge in [-0.2, -0.15) is 12.6 Å². The van der Waals surface area contributed by atoms with Crippen LogP contribution in [0.15, 0.2) is 29.2 Å². The smallest absolute Gasteiger partial charge is 0.322 e. The lowest BCUT2D eigenvalue weighted by Gasteiger charge is -2.28. The first-order valence-electron chi connectivity index (χ1n) is 9.49. The summed E-state index contributed by atoms with van der Waals surface area (Å²) < 4.78 is 9.99. The van der Waals surface area contributed by atoms with Crippen molar-refractivity contribution in [3.63, 3.8) is 0 Å². The molecular weight excluding hydrogens is 392 g/mol. The van der Waals surface area contributed by atoms with E-state index >= 15 is 0 Å². The van der Waals surface area contributed by atoms with Gasteiger partial charge in [-0.05, 0) is 72.6 Å². The Balaban J connectivity index is 2.71. The molecule has 28 heavy (non-hydrogen) atoms. The van der Waals surface area contributed by atoms with Gasteiger partial charge >= 0.3 is 11.9 Å². The van der Waals surface area contributed by atoms with Crippen molar-refractivity contribution < 1.29 is 19.1 Å². The number of esters is 2. The topological polar surface area (TPSA) is 52.6 Å². The molecule has 0 radical (unpaired) electrons. The zero-order valence-corrected chi connectivity index (χ0v) is 20.0. The number of carbonyl (C=O) groups is 2. The molecule has 1 aromatic rings. The number of hydrogen-bond donors (Lipinski definition) is 1. The molecule has 6 heteroatoms. The highest BCUT2D eigenvalue weighted by Crippen LogP contribution is 2.28. The largest absolute Gasteiger partial charge is 0.460 e. The lowest BCUT2D eigenvalue weighted by Crippen LogP contribution is -2.38. The fourth-order valence-electron chi connectivity index (χ4n) is 2.29. The maximum Gasteiger partial charge on any atom is 0.322 e. The van der Waals surface area contributed by atoms with Gasteiger partial charge < -0.3 is 9.47 Å². The summed E-state index contributed by atoms with van der Waals surface area (Å²) >= 11 is 6.15. The molecule has 0 aliphatic carbocycles. The normalized spacial score (nSPS) is 15.5. The Labute approximate surface area is 179 Å². The van der Waals surface area contributed by atoms with Crippen molar-refractivity contribution in [2.24, 2.45) is 5.92 Å². The van der Waals surface area contributed by atoms with E-state index in [9.17, 15) is 9.59 Å². The van der Waals surface area contributed by atoms with Crippen molar-refractivity contribution in [2.75, 3.05) is 5.75 Å². The lowest BCUT2D eigenvalue weighted by molar-refractivity contribution is -0.159. The molecule has 0 saturated heterocycles. The SMILES string of the molecule is CC(CSc1cccc(CC(C)(S)C(=O)OC(C)(C)C)c1)C(=O)OC(C)(C)C. The number of thiol groups is 1. The minimum Gasteiger partial charge on any atom is -0.460 e. The molecule has 4 nitrogen and oxygen atoms in total. The zero-order valence-electron chi connectivity index (χ0n) is 18.3. The Morgan fingerprint density at radius 1 is 1.04 bits per heavy atom. The van der Waals surface area contributed by atoms with Crippen molar-refractivity contribution in [2.45, 2.75) is 82.7 Å². The summed E-state index contributed by atoms with van der Waals surface area (Å²) in [6, 6.07) is 7.96. The average molecular weight is 427 g/mol. The van der Waals surface area contributed by atoms with E-state index in [0.717, 1.165) is 10.5 Å². The molecule has 0 amide bonds. The summed E-state index contributed by atoms with van der Waals surface area (Å²) in [5.41, 5.74) is -0.0242. The predicted molar refractivity (Wildman–Crippen MR) is 119 cm³/mol. The van der Waals surface area contributed by atoms with Crippen molar-refractivity contribution in [1.82, 2.24) is 0 Å². The van der Waals surface area contributed by atoms with Crippen molar-refractivity contribution in [1.29, 1.82) is 0 Å². The molecule has 158 valence electrons. The summed E-state index contributed by atoms with van der Waals surface area (Å²) in [7, 11) is 0. The van der Waals surface area contributed by atoms with E-state index in [1.165, 1.54) is 0 Å². The van der Waals surface area contributed by atoms with Gasteiger partial charge in [0.05, 0.1) is 5.92 Å². The van der Waals surface area contributed by atoms with E-state index in [0.29, 0.717) is 12.2 Å². The molecule has 0 bridgehead atoms. The first kappa shape index (κ1) is 24.9. The first-order chi connectivity index (χ1) is 12.6. The Morgan fingerprint density at radius 2 is 1.61 bits per heavy atom. The van der Waals surface area contributed by atoms with Crippen LogP contribution in [0.25, 0.3) is 0 Å². The van der Waals surface area contributed by atoms with Crippen molar-refractivity contribution in [3.05, 3.63) is 29.8 Å². The van der Waals surface area contributed by atoms with Crippen LogP contribution >= 0.6 is 24.4 Å². The van der Waals surface area contributed by atoms with Gasteiger partial charge in [0.15, 0.2) is 0 Å². The first-order valence-corrected chi connectivity index (χ1v) is 10.9. The Bertz CT molecular complexity index is 685. The third-order valence-electron chi connectivity index (χ3n) is 3.59. The quantitative estimate of drug-likeness (QED) is 0.363. The highest BCUT2D eigenvalue weighted by atomic mass is 32.2. The molecule has 2 atom stereocenters. The predicted octanol–water partition coefficient (Wildman–Crippen LogP) is 5.33. The van der Waals surface area contributed by atoms with E-state index in [2.05, 4.69) is 12.6 Å². The van der Waals surface area contributed by atoms with Crippen LogP contribution in [-0.2, 0) is 25.5 Å². The molecule has 2 unspecified atom stereocenters. The average Bonchev–Trinajstić information content (AvgIpc) is 2.49. The van der Waals surface area contributed by atoms with E-state index in [1.54, 1.807) is 18.7 Å². The molecule has 0 heterocycles. The summed E-state index contributed by atoms with van der Waals surface area (Å²) in [5, 5.41) is 0. The molecule has 0 saturated carbocycles. The van der Waals surface area contributed by atoms with Gasteiger partial charge in [-0.1, -0.05) is 19.1 Å². The molecule has 0 aliphatic heterocycles. The highest BCUT2D eigenvalue weighted by molar-refractivity contribution is 7.99. The van der Waals surface area contributed by atoms with E-state index in [4.69, 9.17) is 9.47 Å². The second-order valence-corrected chi connectivity index (χ2v) is 11.4. The fraction of sp³-hybridized carbons (Fsp3) is 0.636. The van der Waals surface area contributed by atoms with Gasteiger partial charge in [0.25, 0.3) is 0 Å². The number of ether oxygens (including phenoxy) is 2. The fourth-order valence-corrected chi connectivity index (χ4v) is 3.51. The summed E-state index contributed by atoms with van der Waals surface area (Å²) in [6.45, 7) is 14.8. The number of benzene rings is 1. The third kappa shape index (κ3) is 9.37. The number of rotatable bonds is 7. The Hall–Kier alpha value is -1.14. The van der Waals surface area contributed by atoms with Gasteiger partial charge in [0.1, 0.15) is 15.9 Å². The molecule has 0 aromatic heterocycles. The van der Waals surface area contributed by atoms with Gasteiger partial charge in [0, 0.05) is 10.6 Å². The van der Waals surface area contributed by atoms with Crippen LogP contribution in [0.2, 0.25) is 0 Å². The van der Waals surface area contributed by atoms with Crippen LogP contribution in [0, 0.1) is 5.92 Å². The monoisotopic (exact) mass is 426 g/mol. The lowest BCUT2D eigenvalue weighted by atomic mass is 10.00. The van der Waals surface area contributed by atoms with Crippen molar-refractivity contribution in [3.8, 4) is 0 Å². The van der Waals surface area contributed by atoms with E-state index in [-0.39, 0.29) is 17.9 Å². The van der Waals surface area contributed by atoms with E-state index in [1.807, 2.05) is 72.7 Å². The standard InChI is InChI=1S/C22H34O4S2/c1-15(18(23)25-20(2,3)4)14-28-17-11-9-10-16(12-17)13-22(8,27)19(24)26-21(5,6)7/h9-12,15,27H,13-14H2,1-8H3. The van der Waals surface area contributed by atoms with E-state index < -0.39 is 15.9 Å².